The lowest BCUT2D eigenvalue weighted by Gasteiger charge is -2.07. The maximum Gasteiger partial charge on any atom is 0.340 e. The van der Waals surface area contributed by atoms with E-state index < -0.39 is 0 Å². The van der Waals surface area contributed by atoms with Crippen molar-refractivity contribution in [2.45, 2.75) is 13.3 Å². The molecule has 0 amide bonds. The second-order valence-corrected chi connectivity index (χ2v) is 4.34. The highest BCUT2D eigenvalue weighted by Gasteiger charge is 2.11. The largest absolute Gasteiger partial charge is 0.462 e. The van der Waals surface area contributed by atoms with Crippen LogP contribution >= 0.6 is 0 Å². The molecule has 1 heterocycles. The average molecular weight is 256 g/mol. The lowest BCUT2D eigenvalue weighted by molar-refractivity contribution is 0.0510. The van der Waals surface area contributed by atoms with Gasteiger partial charge in [0.25, 0.3) is 0 Å². The Morgan fingerprint density at radius 2 is 2.21 bits per heavy atom. The quantitative estimate of drug-likeness (QED) is 0.673. The molecule has 2 rings (SSSR count). The van der Waals surface area contributed by atoms with E-state index in [9.17, 15) is 4.79 Å². The molecule has 0 aliphatic rings. The Bertz CT molecular complexity index is 568. The zero-order chi connectivity index (χ0) is 13.7. The lowest BCUT2D eigenvalue weighted by Crippen LogP contribution is -2.10. The van der Waals surface area contributed by atoms with E-state index in [4.69, 9.17) is 10.5 Å². The average Bonchev–Trinajstić information content (AvgIpc) is 2.42. The summed E-state index contributed by atoms with van der Waals surface area (Å²) in [5.74, 6) is -0.384. The minimum Gasteiger partial charge on any atom is -0.462 e. The monoisotopic (exact) mass is 256 g/mol. The first kappa shape index (κ1) is 13.1. The highest BCUT2D eigenvalue weighted by atomic mass is 16.5. The van der Waals surface area contributed by atoms with Gasteiger partial charge in [0.15, 0.2) is 0 Å². The molecule has 0 bridgehead atoms. The standard InChI is InChI=1S/C15H16N2O2/c1-11-4-5-14(16)13(9-11)15(18)19-8-6-12-3-2-7-17-10-12/h2-5,7,9-10H,6,8,16H2,1H3. The van der Waals surface area contributed by atoms with Gasteiger partial charge in [0.05, 0.1) is 12.2 Å². The van der Waals surface area contributed by atoms with Gasteiger partial charge in [-0.15, -0.1) is 0 Å². The Morgan fingerprint density at radius 3 is 2.95 bits per heavy atom. The Morgan fingerprint density at radius 1 is 1.37 bits per heavy atom. The summed E-state index contributed by atoms with van der Waals surface area (Å²) in [7, 11) is 0. The minimum absolute atomic E-state index is 0.317. The van der Waals surface area contributed by atoms with Crippen LogP contribution in [0.15, 0.2) is 42.7 Å². The van der Waals surface area contributed by atoms with Crippen molar-refractivity contribution in [2.24, 2.45) is 0 Å². The van der Waals surface area contributed by atoms with Gasteiger partial charge in [0.1, 0.15) is 0 Å². The lowest BCUT2D eigenvalue weighted by atomic mass is 10.1. The van der Waals surface area contributed by atoms with Crippen LogP contribution < -0.4 is 5.73 Å². The van der Waals surface area contributed by atoms with E-state index in [1.165, 1.54) is 0 Å². The van der Waals surface area contributed by atoms with Crippen LogP contribution in [0, 0.1) is 6.92 Å². The number of carbonyl (C=O) groups is 1. The highest BCUT2D eigenvalue weighted by molar-refractivity contribution is 5.95. The van der Waals surface area contributed by atoms with Crippen molar-refractivity contribution in [1.29, 1.82) is 0 Å². The smallest absolute Gasteiger partial charge is 0.340 e. The fourth-order valence-electron chi connectivity index (χ4n) is 1.73. The van der Waals surface area contributed by atoms with Crippen molar-refractivity contribution in [1.82, 2.24) is 4.98 Å². The number of nitrogens with two attached hydrogens (primary N) is 1. The van der Waals surface area contributed by atoms with Gasteiger partial charge in [-0.25, -0.2) is 4.79 Å². The Kier molecular flexibility index (Phi) is 4.13. The van der Waals surface area contributed by atoms with Crippen LogP contribution in [0.4, 0.5) is 5.69 Å². The topological polar surface area (TPSA) is 65.2 Å². The summed E-state index contributed by atoms with van der Waals surface area (Å²) in [6.07, 6.45) is 4.11. The number of hydrogen-bond acceptors (Lipinski definition) is 4. The summed E-state index contributed by atoms with van der Waals surface area (Å²) in [5, 5.41) is 0. The molecule has 0 atom stereocenters. The maximum absolute atomic E-state index is 11.9. The number of aryl methyl sites for hydroxylation is 1. The van der Waals surface area contributed by atoms with Crippen LogP contribution in [-0.2, 0) is 11.2 Å². The van der Waals surface area contributed by atoms with E-state index >= 15 is 0 Å². The summed E-state index contributed by atoms with van der Waals surface area (Å²) in [4.78, 5) is 15.9. The second kappa shape index (κ2) is 6.00. The molecule has 4 heteroatoms. The predicted octanol–water partition coefficient (Wildman–Crippen LogP) is 2.37. The molecular formula is C15H16N2O2. The van der Waals surface area contributed by atoms with Crippen LogP contribution in [0.1, 0.15) is 21.5 Å². The normalized spacial score (nSPS) is 10.2. The predicted molar refractivity (Wildman–Crippen MR) is 73.8 cm³/mol. The molecule has 0 saturated carbocycles. The third kappa shape index (κ3) is 3.55. The summed E-state index contributed by atoms with van der Waals surface area (Å²) in [5.41, 5.74) is 8.64. The number of hydrogen-bond donors (Lipinski definition) is 1. The minimum atomic E-state index is -0.384. The molecule has 0 radical (unpaired) electrons. The number of nitrogen functional groups attached to an aromatic ring is 1. The number of benzene rings is 1. The zero-order valence-electron chi connectivity index (χ0n) is 10.8. The van der Waals surface area contributed by atoms with Gasteiger partial charge in [-0.05, 0) is 30.7 Å². The Labute approximate surface area is 112 Å². The molecule has 1 aromatic carbocycles. The number of pyridine rings is 1. The SMILES string of the molecule is Cc1ccc(N)c(C(=O)OCCc2cccnc2)c1. The van der Waals surface area contributed by atoms with Crippen molar-refractivity contribution in [3.05, 3.63) is 59.4 Å². The van der Waals surface area contributed by atoms with Gasteiger partial charge in [0, 0.05) is 24.5 Å². The number of esters is 1. The third-order valence-electron chi connectivity index (χ3n) is 2.78. The van der Waals surface area contributed by atoms with Crippen molar-refractivity contribution < 1.29 is 9.53 Å². The second-order valence-electron chi connectivity index (χ2n) is 4.34. The van der Waals surface area contributed by atoms with E-state index in [1.807, 2.05) is 25.1 Å². The fraction of sp³-hybridized carbons (Fsp3) is 0.200. The van der Waals surface area contributed by atoms with Crippen molar-refractivity contribution in [2.75, 3.05) is 12.3 Å². The molecule has 4 nitrogen and oxygen atoms in total. The number of aromatic nitrogens is 1. The number of rotatable bonds is 4. The molecule has 2 aromatic rings. The number of anilines is 1. The fourth-order valence-corrected chi connectivity index (χ4v) is 1.73. The zero-order valence-corrected chi connectivity index (χ0v) is 10.8. The molecule has 19 heavy (non-hydrogen) atoms. The first-order chi connectivity index (χ1) is 9.16. The molecule has 0 aliphatic carbocycles. The molecule has 0 fully saturated rings. The third-order valence-corrected chi connectivity index (χ3v) is 2.78. The van der Waals surface area contributed by atoms with E-state index in [0.29, 0.717) is 24.3 Å². The van der Waals surface area contributed by atoms with Crippen LogP contribution in [0.5, 0.6) is 0 Å². The molecule has 98 valence electrons. The number of ether oxygens (including phenoxy) is 1. The highest BCUT2D eigenvalue weighted by Crippen LogP contribution is 2.15. The Balaban J connectivity index is 1.93. The van der Waals surface area contributed by atoms with Gasteiger partial charge in [-0.1, -0.05) is 17.7 Å². The number of carbonyl (C=O) groups excluding carboxylic acids is 1. The van der Waals surface area contributed by atoms with Gasteiger partial charge in [0.2, 0.25) is 0 Å². The molecular weight excluding hydrogens is 240 g/mol. The van der Waals surface area contributed by atoms with E-state index in [0.717, 1.165) is 11.1 Å². The van der Waals surface area contributed by atoms with Crippen molar-refractivity contribution in [3.8, 4) is 0 Å². The summed E-state index contributed by atoms with van der Waals surface area (Å²) in [6, 6.07) is 9.12. The molecule has 0 unspecified atom stereocenters. The van der Waals surface area contributed by atoms with Crippen LogP contribution in [-0.4, -0.2) is 17.6 Å². The summed E-state index contributed by atoms with van der Waals surface area (Å²) in [6.45, 7) is 2.23. The van der Waals surface area contributed by atoms with Gasteiger partial charge in [-0.2, -0.15) is 0 Å². The Hall–Kier alpha value is -2.36. The van der Waals surface area contributed by atoms with Gasteiger partial charge < -0.3 is 10.5 Å². The molecule has 0 saturated heterocycles. The van der Waals surface area contributed by atoms with E-state index in [2.05, 4.69) is 4.98 Å². The number of nitrogens with zero attached hydrogens (tertiary/aromatic N) is 1. The van der Waals surface area contributed by atoms with E-state index in [-0.39, 0.29) is 5.97 Å². The van der Waals surface area contributed by atoms with Crippen LogP contribution in [0.3, 0.4) is 0 Å². The summed E-state index contributed by atoms with van der Waals surface area (Å²) < 4.78 is 5.22. The molecule has 0 aliphatic heterocycles. The maximum atomic E-state index is 11.9. The van der Waals surface area contributed by atoms with Crippen LogP contribution in [0.2, 0.25) is 0 Å². The van der Waals surface area contributed by atoms with Crippen LogP contribution in [0.25, 0.3) is 0 Å². The first-order valence-electron chi connectivity index (χ1n) is 6.09. The molecule has 0 spiro atoms. The molecule has 1 aromatic heterocycles. The van der Waals surface area contributed by atoms with Gasteiger partial charge >= 0.3 is 5.97 Å². The molecule has 2 N–H and O–H groups in total. The van der Waals surface area contributed by atoms with E-state index in [1.54, 1.807) is 24.5 Å². The van der Waals surface area contributed by atoms with Gasteiger partial charge in [-0.3, -0.25) is 4.98 Å². The van der Waals surface area contributed by atoms with Crippen molar-refractivity contribution >= 4 is 11.7 Å². The first-order valence-corrected chi connectivity index (χ1v) is 6.09. The van der Waals surface area contributed by atoms with Crippen molar-refractivity contribution in [3.63, 3.8) is 0 Å². The summed E-state index contributed by atoms with van der Waals surface area (Å²) >= 11 is 0.